The number of nitrogens with one attached hydrogen (secondary N) is 1. The summed E-state index contributed by atoms with van der Waals surface area (Å²) in [5.74, 6) is 0. The number of thioether (sulfide) groups is 1. The van der Waals surface area contributed by atoms with Gasteiger partial charge in [0.1, 0.15) is 0 Å². The Balaban J connectivity index is 2.01. The van der Waals surface area contributed by atoms with E-state index in [9.17, 15) is 0 Å². The van der Waals surface area contributed by atoms with E-state index in [-0.39, 0.29) is 0 Å². The molecule has 2 aromatic rings. The van der Waals surface area contributed by atoms with Gasteiger partial charge >= 0.3 is 0 Å². The second kappa shape index (κ2) is 9.14. The van der Waals surface area contributed by atoms with Crippen LogP contribution in [-0.4, -0.2) is 12.3 Å². The topological polar surface area (TPSA) is 12.0 Å². The molecule has 0 bridgehead atoms. The van der Waals surface area contributed by atoms with Crippen molar-refractivity contribution in [2.75, 3.05) is 6.26 Å². The first-order valence-corrected chi connectivity index (χ1v) is 9.75. The monoisotopic (exact) mass is 327 g/mol. The van der Waals surface area contributed by atoms with Crippen molar-refractivity contribution >= 4 is 11.8 Å². The van der Waals surface area contributed by atoms with Crippen LogP contribution < -0.4 is 5.32 Å². The van der Waals surface area contributed by atoms with Crippen LogP contribution in [0.25, 0.3) is 0 Å². The Bertz CT molecular complexity index is 619. The lowest BCUT2D eigenvalue weighted by molar-refractivity contribution is 0.585. The van der Waals surface area contributed by atoms with E-state index in [2.05, 4.69) is 74.8 Å². The zero-order valence-electron chi connectivity index (χ0n) is 14.9. The molecule has 0 spiro atoms. The Kier molecular flexibility index (Phi) is 7.19. The van der Waals surface area contributed by atoms with Crippen LogP contribution in [0.15, 0.2) is 47.4 Å². The normalized spacial score (nSPS) is 11.2. The van der Waals surface area contributed by atoms with Gasteiger partial charge in [-0.15, -0.1) is 11.8 Å². The summed E-state index contributed by atoms with van der Waals surface area (Å²) in [6.07, 6.45) is 5.66. The molecule has 2 heteroatoms. The number of aryl methyl sites for hydroxylation is 3. The molecule has 0 aromatic heterocycles. The van der Waals surface area contributed by atoms with Gasteiger partial charge in [0, 0.05) is 17.5 Å². The summed E-state index contributed by atoms with van der Waals surface area (Å²) >= 11 is 1.83. The van der Waals surface area contributed by atoms with Crippen LogP contribution in [0.1, 0.15) is 42.5 Å². The lowest BCUT2D eigenvalue weighted by Crippen LogP contribution is -2.22. The third-order valence-electron chi connectivity index (χ3n) is 4.11. The lowest BCUT2D eigenvalue weighted by Gasteiger charge is -2.14. The number of benzene rings is 2. The predicted octanol–water partition coefficient (Wildman–Crippen LogP) is 5.39. The lowest BCUT2D eigenvalue weighted by atomic mass is 9.99. The minimum atomic E-state index is 0.523. The largest absolute Gasteiger partial charge is 0.310 e. The molecule has 0 saturated carbocycles. The summed E-state index contributed by atoms with van der Waals surface area (Å²) in [5.41, 5.74) is 5.75. The van der Waals surface area contributed by atoms with E-state index >= 15 is 0 Å². The van der Waals surface area contributed by atoms with Gasteiger partial charge in [0.2, 0.25) is 0 Å². The maximum atomic E-state index is 3.55. The zero-order valence-corrected chi connectivity index (χ0v) is 15.7. The van der Waals surface area contributed by atoms with Crippen LogP contribution >= 0.6 is 11.8 Å². The fourth-order valence-electron chi connectivity index (χ4n) is 2.80. The van der Waals surface area contributed by atoms with E-state index < -0.39 is 0 Å². The molecule has 0 atom stereocenters. The molecule has 1 nitrogen and oxygen atoms in total. The zero-order chi connectivity index (χ0) is 16.7. The van der Waals surface area contributed by atoms with Crippen LogP contribution in [0.4, 0.5) is 0 Å². The molecule has 0 unspecified atom stereocenters. The average Bonchev–Trinajstić information content (AvgIpc) is 2.53. The molecule has 0 heterocycles. The maximum absolute atomic E-state index is 3.55. The van der Waals surface area contributed by atoms with E-state index in [0.717, 1.165) is 19.4 Å². The van der Waals surface area contributed by atoms with Gasteiger partial charge in [-0.25, -0.2) is 0 Å². The van der Waals surface area contributed by atoms with Gasteiger partial charge < -0.3 is 5.32 Å². The smallest absolute Gasteiger partial charge is 0.0210 e. The standard InChI is InChI=1S/C21H29NS/c1-16(2)22-15-20-11-12-21(23-4)14-19(20)10-6-9-18-8-5-7-17(3)13-18/h5,7-8,11-14,16,22H,6,9-10,15H2,1-4H3. The maximum Gasteiger partial charge on any atom is 0.0210 e. The van der Waals surface area contributed by atoms with E-state index in [1.807, 2.05) is 11.8 Å². The van der Waals surface area contributed by atoms with Crippen LogP contribution in [0, 0.1) is 6.92 Å². The molecule has 0 aliphatic heterocycles. The van der Waals surface area contributed by atoms with Crippen molar-refractivity contribution in [1.29, 1.82) is 0 Å². The van der Waals surface area contributed by atoms with Gasteiger partial charge in [-0.05, 0) is 61.3 Å². The van der Waals surface area contributed by atoms with Gasteiger partial charge in [-0.2, -0.15) is 0 Å². The van der Waals surface area contributed by atoms with Gasteiger partial charge in [0.05, 0.1) is 0 Å². The van der Waals surface area contributed by atoms with Crippen LogP contribution in [0.5, 0.6) is 0 Å². The molecule has 1 N–H and O–H groups in total. The highest BCUT2D eigenvalue weighted by atomic mass is 32.2. The Hall–Kier alpha value is -1.25. The van der Waals surface area contributed by atoms with Crippen molar-refractivity contribution in [3.63, 3.8) is 0 Å². The number of hydrogen-bond donors (Lipinski definition) is 1. The first-order valence-electron chi connectivity index (χ1n) is 8.53. The molecular formula is C21H29NS. The first kappa shape index (κ1) is 18.1. The summed E-state index contributed by atoms with van der Waals surface area (Å²) < 4.78 is 0. The molecule has 0 amide bonds. The van der Waals surface area contributed by atoms with Crippen molar-refractivity contribution in [2.24, 2.45) is 0 Å². The fraction of sp³-hybridized carbons (Fsp3) is 0.429. The molecule has 2 rings (SSSR count). The highest BCUT2D eigenvalue weighted by Crippen LogP contribution is 2.21. The van der Waals surface area contributed by atoms with Crippen molar-refractivity contribution < 1.29 is 0 Å². The van der Waals surface area contributed by atoms with Crippen LogP contribution in [0.3, 0.4) is 0 Å². The first-order chi connectivity index (χ1) is 11.1. The van der Waals surface area contributed by atoms with Gasteiger partial charge in [-0.3, -0.25) is 0 Å². The van der Waals surface area contributed by atoms with E-state index in [1.54, 1.807) is 0 Å². The van der Waals surface area contributed by atoms with Gasteiger partial charge in [0.25, 0.3) is 0 Å². The van der Waals surface area contributed by atoms with Crippen molar-refractivity contribution in [1.82, 2.24) is 5.32 Å². The fourth-order valence-corrected chi connectivity index (χ4v) is 3.26. The predicted molar refractivity (Wildman–Crippen MR) is 103 cm³/mol. The molecule has 0 aliphatic carbocycles. The van der Waals surface area contributed by atoms with Gasteiger partial charge in [0.15, 0.2) is 0 Å². The summed E-state index contributed by atoms with van der Waals surface area (Å²) in [6, 6.07) is 16.3. The van der Waals surface area contributed by atoms with E-state index in [4.69, 9.17) is 0 Å². The molecule has 0 fully saturated rings. The number of hydrogen-bond acceptors (Lipinski definition) is 2. The molecule has 0 radical (unpaired) electrons. The highest BCUT2D eigenvalue weighted by Gasteiger charge is 2.05. The average molecular weight is 328 g/mol. The Morgan fingerprint density at radius 2 is 1.83 bits per heavy atom. The van der Waals surface area contributed by atoms with Crippen molar-refractivity contribution in [3.8, 4) is 0 Å². The molecular weight excluding hydrogens is 298 g/mol. The third kappa shape index (κ3) is 6.04. The summed E-state index contributed by atoms with van der Waals surface area (Å²) in [7, 11) is 0. The highest BCUT2D eigenvalue weighted by molar-refractivity contribution is 7.98. The van der Waals surface area contributed by atoms with Crippen molar-refractivity contribution in [3.05, 3.63) is 64.7 Å². The van der Waals surface area contributed by atoms with Crippen LogP contribution in [-0.2, 0) is 19.4 Å². The Morgan fingerprint density at radius 3 is 2.52 bits per heavy atom. The third-order valence-corrected chi connectivity index (χ3v) is 4.83. The SMILES string of the molecule is CSc1ccc(CNC(C)C)c(CCCc2cccc(C)c2)c1. The Labute approximate surface area is 145 Å². The molecule has 0 aliphatic rings. The van der Waals surface area contributed by atoms with E-state index in [0.29, 0.717) is 6.04 Å². The summed E-state index contributed by atoms with van der Waals surface area (Å²) in [5, 5.41) is 3.55. The molecule has 0 saturated heterocycles. The minimum Gasteiger partial charge on any atom is -0.310 e. The Morgan fingerprint density at radius 1 is 1.00 bits per heavy atom. The van der Waals surface area contributed by atoms with Gasteiger partial charge in [-0.1, -0.05) is 49.7 Å². The summed E-state index contributed by atoms with van der Waals surface area (Å²) in [4.78, 5) is 1.36. The summed E-state index contributed by atoms with van der Waals surface area (Å²) in [6.45, 7) is 7.54. The quantitative estimate of drug-likeness (QED) is 0.652. The second-order valence-corrected chi connectivity index (χ2v) is 7.39. The van der Waals surface area contributed by atoms with Crippen LogP contribution in [0.2, 0.25) is 0 Å². The minimum absolute atomic E-state index is 0.523. The van der Waals surface area contributed by atoms with Crippen molar-refractivity contribution in [2.45, 2.75) is 57.5 Å². The second-order valence-electron chi connectivity index (χ2n) is 6.51. The molecule has 124 valence electrons. The number of rotatable bonds is 8. The molecule has 2 aromatic carbocycles. The van der Waals surface area contributed by atoms with E-state index in [1.165, 1.54) is 33.6 Å². The molecule has 23 heavy (non-hydrogen) atoms.